The van der Waals surface area contributed by atoms with Gasteiger partial charge in [0.15, 0.2) is 0 Å². The minimum atomic E-state index is 0.615. The lowest BCUT2D eigenvalue weighted by molar-refractivity contribution is 0.278. The zero-order valence-electron chi connectivity index (χ0n) is 11.3. The molecule has 0 radical (unpaired) electrons. The Morgan fingerprint density at radius 1 is 1.22 bits per heavy atom. The van der Waals surface area contributed by atoms with Gasteiger partial charge in [0.05, 0.1) is 11.0 Å². The summed E-state index contributed by atoms with van der Waals surface area (Å²) in [6.45, 7) is 8.56. The maximum atomic E-state index is 5.99. The van der Waals surface area contributed by atoms with Gasteiger partial charge in [0.2, 0.25) is 5.95 Å². The van der Waals surface area contributed by atoms with Crippen LogP contribution in [0.25, 0.3) is 11.0 Å². The first-order chi connectivity index (χ1) is 8.76. The van der Waals surface area contributed by atoms with E-state index in [4.69, 9.17) is 5.73 Å². The van der Waals surface area contributed by atoms with Gasteiger partial charge in [-0.2, -0.15) is 0 Å². The molecule has 0 amide bonds. The van der Waals surface area contributed by atoms with E-state index < -0.39 is 0 Å². The topological polar surface area (TPSA) is 47.1 Å². The molecule has 0 atom stereocenters. The standard InChI is InChI=1S/C14H22N4/c1-3-9-17(4-2)10-11-18-13-8-6-5-7-12(13)16-14(18)15/h5-8H,3-4,9-11H2,1-2H3,(H2,15,16). The molecule has 18 heavy (non-hydrogen) atoms. The number of nitrogen functional groups attached to an aromatic ring is 1. The SMILES string of the molecule is CCCN(CC)CCn1c(N)nc2ccccc21. The van der Waals surface area contributed by atoms with E-state index >= 15 is 0 Å². The lowest BCUT2D eigenvalue weighted by atomic mass is 10.3. The van der Waals surface area contributed by atoms with Gasteiger partial charge in [-0.25, -0.2) is 4.98 Å². The van der Waals surface area contributed by atoms with Crippen molar-refractivity contribution in [2.45, 2.75) is 26.8 Å². The van der Waals surface area contributed by atoms with E-state index in [1.165, 1.54) is 6.42 Å². The predicted molar refractivity (Wildman–Crippen MR) is 76.6 cm³/mol. The van der Waals surface area contributed by atoms with Crippen LogP contribution in [0.2, 0.25) is 0 Å². The molecule has 0 aliphatic rings. The molecule has 0 saturated carbocycles. The van der Waals surface area contributed by atoms with Crippen molar-refractivity contribution < 1.29 is 0 Å². The second kappa shape index (κ2) is 5.87. The molecule has 98 valence electrons. The van der Waals surface area contributed by atoms with Crippen LogP contribution in [0.1, 0.15) is 20.3 Å². The Bertz CT molecular complexity index is 503. The van der Waals surface area contributed by atoms with Gasteiger partial charge >= 0.3 is 0 Å². The van der Waals surface area contributed by atoms with Crippen LogP contribution in [0, 0.1) is 0 Å². The van der Waals surface area contributed by atoms with E-state index in [2.05, 4.69) is 34.4 Å². The maximum absolute atomic E-state index is 5.99. The van der Waals surface area contributed by atoms with Crippen LogP contribution < -0.4 is 5.73 Å². The number of para-hydroxylation sites is 2. The summed E-state index contributed by atoms with van der Waals surface area (Å²) in [6.07, 6.45) is 1.19. The fraction of sp³-hybridized carbons (Fsp3) is 0.500. The van der Waals surface area contributed by atoms with Gasteiger partial charge in [-0.3, -0.25) is 0 Å². The Hall–Kier alpha value is -1.55. The van der Waals surface area contributed by atoms with E-state index in [9.17, 15) is 0 Å². The van der Waals surface area contributed by atoms with Crippen molar-refractivity contribution in [3.8, 4) is 0 Å². The summed E-state index contributed by atoms with van der Waals surface area (Å²) in [5, 5.41) is 0. The first-order valence-electron chi connectivity index (χ1n) is 6.69. The highest BCUT2D eigenvalue weighted by Crippen LogP contribution is 2.17. The summed E-state index contributed by atoms with van der Waals surface area (Å²) < 4.78 is 2.10. The molecule has 0 spiro atoms. The van der Waals surface area contributed by atoms with Gasteiger partial charge in [0, 0.05) is 13.1 Å². The molecule has 1 aromatic carbocycles. The summed E-state index contributed by atoms with van der Waals surface area (Å²) in [5.41, 5.74) is 8.10. The minimum Gasteiger partial charge on any atom is -0.369 e. The summed E-state index contributed by atoms with van der Waals surface area (Å²) in [4.78, 5) is 6.82. The highest BCUT2D eigenvalue weighted by Gasteiger charge is 2.08. The van der Waals surface area contributed by atoms with Gasteiger partial charge in [-0.15, -0.1) is 0 Å². The molecule has 0 fully saturated rings. The molecule has 0 bridgehead atoms. The zero-order valence-corrected chi connectivity index (χ0v) is 11.3. The molecular weight excluding hydrogens is 224 g/mol. The van der Waals surface area contributed by atoms with Crippen LogP contribution in [0.4, 0.5) is 5.95 Å². The van der Waals surface area contributed by atoms with Gasteiger partial charge in [-0.1, -0.05) is 26.0 Å². The smallest absolute Gasteiger partial charge is 0.201 e. The first-order valence-corrected chi connectivity index (χ1v) is 6.69. The Morgan fingerprint density at radius 3 is 2.72 bits per heavy atom. The monoisotopic (exact) mass is 246 g/mol. The number of nitrogens with zero attached hydrogens (tertiary/aromatic N) is 3. The molecular formula is C14H22N4. The summed E-state index contributed by atoms with van der Waals surface area (Å²) in [7, 11) is 0. The Balaban J connectivity index is 2.13. The summed E-state index contributed by atoms with van der Waals surface area (Å²) >= 11 is 0. The Kier molecular flexibility index (Phi) is 4.20. The van der Waals surface area contributed by atoms with Crippen molar-refractivity contribution in [1.29, 1.82) is 0 Å². The number of hydrogen-bond acceptors (Lipinski definition) is 3. The number of fused-ring (bicyclic) bond motifs is 1. The summed E-state index contributed by atoms with van der Waals surface area (Å²) in [6, 6.07) is 8.11. The molecule has 4 heteroatoms. The van der Waals surface area contributed by atoms with Gasteiger partial charge in [0.25, 0.3) is 0 Å². The quantitative estimate of drug-likeness (QED) is 0.851. The van der Waals surface area contributed by atoms with E-state index in [0.717, 1.165) is 37.2 Å². The summed E-state index contributed by atoms with van der Waals surface area (Å²) in [5.74, 6) is 0.615. The van der Waals surface area contributed by atoms with Crippen molar-refractivity contribution in [3.05, 3.63) is 24.3 Å². The number of imidazole rings is 1. The molecule has 0 aliphatic heterocycles. The third-order valence-corrected chi connectivity index (χ3v) is 3.31. The van der Waals surface area contributed by atoms with Crippen LogP contribution >= 0.6 is 0 Å². The van der Waals surface area contributed by atoms with Crippen molar-refractivity contribution in [1.82, 2.24) is 14.5 Å². The lowest BCUT2D eigenvalue weighted by Gasteiger charge is -2.20. The number of likely N-dealkylation sites (N-methyl/N-ethyl adjacent to an activating group) is 1. The molecule has 4 nitrogen and oxygen atoms in total. The van der Waals surface area contributed by atoms with Crippen LogP contribution in [0.3, 0.4) is 0 Å². The number of benzene rings is 1. The third kappa shape index (κ3) is 2.64. The minimum absolute atomic E-state index is 0.615. The number of hydrogen-bond donors (Lipinski definition) is 1. The van der Waals surface area contributed by atoms with Gasteiger partial charge < -0.3 is 15.2 Å². The second-order valence-corrected chi connectivity index (χ2v) is 4.54. The first kappa shape index (κ1) is 12.9. The van der Waals surface area contributed by atoms with E-state index in [1.54, 1.807) is 0 Å². The lowest BCUT2D eigenvalue weighted by Crippen LogP contribution is -2.28. The predicted octanol–water partition coefficient (Wildman–Crippen LogP) is 2.35. The van der Waals surface area contributed by atoms with Gasteiger partial charge in [0.1, 0.15) is 0 Å². The molecule has 2 N–H and O–H groups in total. The van der Waals surface area contributed by atoms with Crippen molar-refractivity contribution in [2.24, 2.45) is 0 Å². The molecule has 2 aromatic rings. The van der Waals surface area contributed by atoms with Crippen molar-refractivity contribution >= 4 is 17.0 Å². The molecule has 0 unspecified atom stereocenters. The fourth-order valence-corrected chi connectivity index (χ4v) is 2.31. The number of anilines is 1. The average Bonchev–Trinajstić information content (AvgIpc) is 2.70. The fourth-order valence-electron chi connectivity index (χ4n) is 2.31. The van der Waals surface area contributed by atoms with E-state index in [-0.39, 0.29) is 0 Å². The molecule has 2 rings (SSSR count). The van der Waals surface area contributed by atoms with E-state index in [1.807, 2.05) is 18.2 Å². The molecule has 0 aliphatic carbocycles. The molecule has 0 saturated heterocycles. The highest BCUT2D eigenvalue weighted by atomic mass is 15.2. The molecule has 1 aromatic heterocycles. The highest BCUT2D eigenvalue weighted by molar-refractivity contribution is 5.78. The zero-order chi connectivity index (χ0) is 13.0. The van der Waals surface area contributed by atoms with Crippen molar-refractivity contribution in [3.63, 3.8) is 0 Å². The van der Waals surface area contributed by atoms with Crippen LogP contribution in [-0.4, -0.2) is 34.1 Å². The Morgan fingerprint density at radius 2 is 2.00 bits per heavy atom. The van der Waals surface area contributed by atoms with Crippen LogP contribution in [0.5, 0.6) is 0 Å². The van der Waals surface area contributed by atoms with Crippen LogP contribution in [0.15, 0.2) is 24.3 Å². The number of rotatable bonds is 6. The number of nitrogens with two attached hydrogens (primary N) is 1. The maximum Gasteiger partial charge on any atom is 0.201 e. The number of aromatic nitrogens is 2. The Labute approximate surface area is 108 Å². The largest absolute Gasteiger partial charge is 0.369 e. The second-order valence-electron chi connectivity index (χ2n) is 4.54. The average molecular weight is 246 g/mol. The van der Waals surface area contributed by atoms with Gasteiger partial charge in [-0.05, 0) is 31.6 Å². The van der Waals surface area contributed by atoms with E-state index in [0.29, 0.717) is 5.95 Å². The normalized spacial score (nSPS) is 11.5. The third-order valence-electron chi connectivity index (χ3n) is 3.31. The van der Waals surface area contributed by atoms with Crippen LogP contribution in [-0.2, 0) is 6.54 Å². The molecule has 1 heterocycles. The van der Waals surface area contributed by atoms with Crippen molar-refractivity contribution in [2.75, 3.05) is 25.4 Å².